The van der Waals surface area contributed by atoms with Gasteiger partial charge in [0.15, 0.2) is 5.13 Å². The smallest absolute Gasteiger partial charge is 0.227 e. The zero-order valence-corrected chi connectivity index (χ0v) is 14.0. The van der Waals surface area contributed by atoms with E-state index in [2.05, 4.69) is 17.2 Å². The van der Waals surface area contributed by atoms with Crippen LogP contribution in [0, 0.1) is 0 Å². The molecule has 1 aromatic carbocycles. The van der Waals surface area contributed by atoms with Crippen LogP contribution in [0.15, 0.2) is 29.6 Å². The fourth-order valence-electron chi connectivity index (χ4n) is 1.79. The minimum atomic E-state index is -0.115. The van der Waals surface area contributed by atoms with E-state index in [1.807, 2.05) is 29.6 Å². The Kier molecular flexibility index (Phi) is 6.68. The maximum absolute atomic E-state index is 11.5. The highest BCUT2D eigenvalue weighted by Gasteiger charge is 2.08. The number of nitrogens with one attached hydrogen (secondary N) is 1. The quantitative estimate of drug-likeness (QED) is 0.567. The monoisotopic (exact) mass is 338 g/mol. The summed E-state index contributed by atoms with van der Waals surface area (Å²) in [5, 5.41) is 5.25. The van der Waals surface area contributed by atoms with Crippen LogP contribution in [0.2, 0.25) is 0 Å². The molecule has 0 atom stereocenters. The SMILES string of the molecule is CCCCOc1ccc(-c2csc(NC(=O)CCCl)n2)cc1. The first-order valence-corrected chi connectivity index (χ1v) is 8.69. The van der Waals surface area contributed by atoms with Gasteiger partial charge >= 0.3 is 0 Å². The van der Waals surface area contributed by atoms with Crippen LogP contribution in [-0.4, -0.2) is 23.4 Å². The summed E-state index contributed by atoms with van der Waals surface area (Å²) in [5.41, 5.74) is 1.84. The summed E-state index contributed by atoms with van der Waals surface area (Å²) in [7, 11) is 0. The zero-order valence-electron chi connectivity index (χ0n) is 12.5. The van der Waals surface area contributed by atoms with Gasteiger partial charge in [-0.3, -0.25) is 4.79 Å². The van der Waals surface area contributed by atoms with Gasteiger partial charge in [0, 0.05) is 23.2 Å². The van der Waals surface area contributed by atoms with Crippen LogP contribution in [0.1, 0.15) is 26.2 Å². The van der Waals surface area contributed by atoms with Crippen molar-refractivity contribution in [2.75, 3.05) is 17.8 Å². The van der Waals surface area contributed by atoms with E-state index in [0.717, 1.165) is 36.5 Å². The second-order valence-corrected chi connectivity index (χ2v) is 5.99. The first kappa shape index (κ1) is 16.8. The van der Waals surface area contributed by atoms with Crippen LogP contribution in [0.3, 0.4) is 0 Å². The summed E-state index contributed by atoms with van der Waals surface area (Å²) >= 11 is 6.94. The molecule has 2 aromatic rings. The number of hydrogen-bond acceptors (Lipinski definition) is 4. The summed E-state index contributed by atoms with van der Waals surface area (Å²) in [4.78, 5) is 15.9. The molecule has 1 N–H and O–H groups in total. The fourth-order valence-corrected chi connectivity index (χ4v) is 2.70. The molecule has 0 spiro atoms. The topological polar surface area (TPSA) is 51.2 Å². The fraction of sp³-hybridized carbons (Fsp3) is 0.375. The molecule has 0 bridgehead atoms. The zero-order chi connectivity index (χ0) is 15.8. The molecule has 0 saturated carbocycles. The van der Waals surface area contributed by atoms with Gasteiger partial charge in [0.05, 0.1) is 12.3 Å². The molecular formula is C16H19ClN2O2S. The van der Waals surface area contributed by atoms with Gasteiger partial charge in [-0.1, -0.05) is 13.3 Å². The molecule has 0 radical (unpaired) electrons. The Labute approximate surface area is 139 Å². The van der Waals surface area contributed by atoms with E-state index in [1.54, 1.807) is 0 Å². The lowest BCUT2D eigenvalue weighted by Gasteiger charge is -2.05. The first-order chi connectivity index (χ1) is 10.7. The number of thiazole rings is 1. The number of nitrogens with zero attached hydrogens (tertiary/aromatic N) is 1. The molecule has 118 valence electrons. The van der Waals surface area contributed by atoms with Gasteiger partial charge < -0.3 is 10.1 Å². The van der Waals surface area contributed by atoms with Crippen LogP contribution in [0.4, 0.5) is 5.13 Å². The Bertz CT molecular complexity index is 598. The van der Waals surface area contributed by atoms with Gasteiger partial charge in [0.2, 0.25) is 5.91 Å². The Morgan fingerprint density at radius 2 is 2.14 bits per heavy atom. The molecule has 4 nitrogen and oxygen atoms in total. The van der Waals surface area contributed by atoms with Gasteiger partial charge in [-0.15, -0.1) is 22.9 Å². The molecule has 22 heavy (non-hydrogen) atoms. The van der Waals surface area contributed by atoms with Crippen LogP contribution in [0.5, 0.6) is 5.75 Å². The number of carbonyl (C=O) groups is 1. The van der Waals surface area contributed by atoms with Gasteiger partial charge in [-0.25, -0.2) is 4.98 Å². The molecule has 0 aliphatic rings. The van der Waals surface area contributed by atoms with E-state index >= 15 is 0 Å². The normalized spacial score (nSPS) is 10.5. The third kappa shape index (κ3) is 5.00. The third-order valence-electron chi connectivity index (χ3n) is 2.99. The summed E-state index contributed by atoms with van der Waals surface area (Å²) in [6.45, 7) is 2.88. The molecule has 1 amide bonds. The lowest BCUT2D eigenvalue weighted by molar-refractivity contribution is -0.115. The van der Waals surface area contributed by atoms with E-state index in [-0.39, 0.29) is 5.91 Å². The van der Waals surface area contributed by atoms with Gasteiger partial charge in [0.25, 0.3) is 0 Å². The minimum Gasteiger partial charge on any atom is -0.494 e. The molecule has 0 aliphatic carbocycles. The van der Waals surface area contributed by atoms with E-state index in [1.165, 1.54) is 11.3 Å². The molecule has 1 aromatic heterocycles. The molecule has 1 heterocycles. The number of ether oxygens (including phenoxy) is 1. The maximum atomic E-state index is 11.5. The average Bonchev–Trinajstić information content (AvgIpc) is 2.97. The van der Waals surface area contributed by atoms with Crippen molar-refractivity contribution in [2.24, 2.45) is 0 Å². The number of alkyl halides is 1. The van der Waals surface area contributed by atoms with Crippen molar-refractivity contribution < 1.29 is 9.53 Å². The maximum Gasteiger partial charge on any atom is 0.227 e. The molecule has 0 fully saturated rings. The van der Waals surface area contributed by atoms with Crippen LogP contribution in [-0.2, 0) is 4.79 Å². The Morgan fingerprint density at radius 3 is 2.82 bits per heavy atom. The lowest BCUT2D eigenvalue weighted by atomic mass is 10.2. The van der Waals surface area contributed by atoms with E-state index < -0.39 is 0 Å². The van der Waals surface area contributed by atoms with Crippen molar-refractivity contribution in [3.63, 3.8) is 0 Å². The number of halogens is 1. The highest BCUT2D eigenvalue weighted by Crippen LogP contribution is 2.26. The van der Waals surface area contributed by atoms with Gasteiger partial charge in [-0.05, 0) is 30.7 Å². The number of hydrogen-bond donors (Lipinski definition) is 1. The molecular weight excluding hydrogens is 320 g/mol. The number of aromatic nitrogens is 1. The summed E-state index contributed by atoms with van der Waals surface area (Å²) in [5.74, 6) is 1.06. The molecule has 0 unspecified atom stereocenters. The number of rotatable bonds is 8. The predicted molar refractivity (Wildman–Crippen MR) is 91.9 cm³/mol. The number of amides is 1. The summed E-state index contributed by atoms with van der Waals surface area (Å²) < 4.78 is 5.63. The van der Waals surface area contributed by atoms with Gasteiger partial charge in [-0.2, -0.15) is 0 Å². The summed E-state index contributed by atoms with van der Waals surface area (Å²) in [6, 6.07) is 7.83. The second kappa shape index (κ2) is 8.76. The predicted octanol–water partition coefficient (Wildman–Crippen LogP) is 4.56. The van der Waals surface area contributed by atoms with Crippen molar-refractivity contribution in [3.8, 4) is 17.0 Å². The van der Waals surface area contributed by atoms with Crippen molar-refractivity contribution in [2.45, 2.75) is 26.2 Å². The average molecular weight is 339 g/mol. The van der Waals surface area contributed by atoms with Crippen molar-refractivity contribution >= 4 is 34.0 Å². The van der Waals surface area contributed by atoms with Crippen molar-refractivity contribution in [1.82, 2.24) is 4.98 Å². The summed E-state index contributed by atoms with van der Waals surface area (Å²) in [6.07, 6.45) is 2.47. The van der Waals surface area contributed by atoms with Crippen molar-refractivity contribution in [1.29, 1.82) is 0 Å². The third-order valence-corrected chi connectivity index (χ3v) is 3.94. The number of benzene rings is 1. The molecule has 2 rings (SSSR count). The van der Waals surface area contributed by atoms with Gasteiger partial charge in [0.1, 0.15) is 5.75 Å². The Morgan fingerprint density at radius 1 is 1.36 bits per heavy atom. The van der Waals surface area contributed by atoms with Crippen LogP contribution in [0.25, 0.3) is 11.3 Å². The highest BCUT2D eigenvalue weighted by atomic mass is 35.5. The highest BCUT2D eigenvalue weighted by molar-refractivity contribution is 7.14. The molecule has 0 aliphatic heterocycles. The number of carbonyl (C=O) groups excluding carboxylic acids is 1. The van der Waals surface area contributed by atoms with Crippen molar-refractivity contribution in [3.05, 3.63) is 29.6 Å². The van der Waals surface area contributed by atoms with Crippen LogP contribution >= 0.6 is 22.9 Å². The lowest BCUT2D eigenvalue weighted by Crippen LogP contribution is -2.11. The largest absolute Gasteiger partial charge is 0.494 e. The first-order valence-electron chi connectivity index (χ1n) is 7.27. The number of unbranched alkanes of at least 4 members (excludes halogenated alkanes) is 1. The molecule has 6 heteroatoms. The second-order valence-electron chi connectivity index (χ2n) is 4.75. The number of anilines is 1. The van der Waals surface area contributed by atoms with Crippen LogP contribution < -0.4 is 10.1 Å². The van der Waals surface area contributed by atoms with E-state index in [4.69, 9.17) is 16.3 Å². The van der Waals surface area contributed by atoms with E-state index in [9.17, 15) is 4.79 Å². The minimum absolute atomic E-state index is 0.115. The Hall–Kier alpha value is -1.59. The Balaban J connectivity index is 1.97. The molecule has 0 saturated heterocycles. The standard InChI is InChI=1S/C16H19ClN2O2S/c1-2-3-10-21-13-6-4-12(5-7-13)14-11-22-16(18-14)19-15(20)8-9-17/h4-7,11H,2-3,8-10H2,1H3,(H,18,19,20). The van der Waals surface area contributed by atoms with E-state index in [0.29, 0.717) is 17.4 Å².